The van der Waals surface area contributed by atoms with Gasteiger partial charge in [-0.25, -0.2) is 15.0 Å². The van der Waals surface area contributed by atoms with Crippen molar-refractivity contribution in [3.05, 3.63) is 175 Å². The van der Waals surface area contributed by atoms with E-state index in [4.69, 9.17) is 19.4 Å². The molecule has 1 aliphatic rings. The van der Waals surface area contributed by atoms with Gasteiger partial charge in [-0.3, -0.25) is 0 Å². The molecule has 0 radical (unpaired) electrons. The van der Waals surface area contributed by atoms with Crippen LogP contribution in [0, 0.1) is 0 Å². The lowest BCUT2D eigenvalue weighted by molar-refractivity contribution is 0.653. The number of furan rings is 1. The Labute approximate surface area is 322 Å². The molecular weight excluding hydrogens is 683 g/mol. The average molecular weight is 716 g/mol. The molecule has 0 unspecified atom stereocenters. The van der Waals surface area contributed by atoms with Crippen LogP contribution in [0.4, 0.5) is 0 Å². The van der Waals surface area contributed by atoms with Crippen LogP contribution in [0.1, 0.15) is 25.0 Å². The van der Waals surface area contributed by atoms with Gasteiger partial charge < -0.3 is 4.42 Å². The molecular formula is C52H33N3O. The minimum atomic E-state index is -0.258. The Morgan fingerprint density at radius 3 is 1.84 bits per heavy atom. The number of hydrogen-bond donors (Lipinski definition) is 0. The van der Waals surface area contributed by atoms with Crippen LogP contribution in [0.5, 0.6) is 0 Å². The normalized spacial score (nSPS) is 13.3. The smallest absolute Gasteiger partial charge is 0.164 e. The van der Waals surface area contributed by atoms with Crippen molar-refractivity contribution in [2.24, 2.45) is 0 Å². The van der Waals surface area contributed by atoms with Crippen molar-refractivity contribution in [3.8, 4) is 45.3 Å². The highest BCUT2D eigenvalue weighted by Crippen LogP contribution is 2.54. The van der Waals surface area contributed by atoms with Crippen LogP contribution in [0.2, 0.25) is 0 Å². The number of nitrogens with zero attached hydrogens (tertiary/aromatic N) is 3. The summed E-state index contributed by atoms with van der Waals surface area (Å²) in [7, 11) is 0. The molecule has 2 heterocycles. The van der Waals surface area contributed by atoms with E-state index in [0.29, 0.717) is 17.5 Å². The Balaban J connectivity index is 1.17. The molecule has 0 amide bonds. The number of aromatic nitrogens is 3. The van der Waals surface area contributed by atoms with Crippen LogP contribution < -0.4 is 0 Å². The molecule has 0 saturated heterocycles. The summed E-state index contributed by atoms with van der Waals surface area (Å²) in [4.78, 5) is 16.1. The summed E-state index contributed by atoms with van der Waals surface area (Å²) in [5.41, 5.74) is 9.16. The van der Waals surface area contributed by atoms with E-state index in [1.165, 1.54) is 49.0 Å². The molecule has 4 heteroatoms. The van der Waals surface area contributed by atoms with Crippen LogP contribution in [0.25, 0.3) is 110 Å². The topological polar surface area (TPSA) is 51.8 Å². The lowest BCUT2D eigenvalue weighted by Crippen LogP contribution is -2.15. The van der Waals surface area contributed by atoms with Gasteiger partial charge in [-0.15, -0.1) is 0 Å². The van der Waals surface area contributed by atoms with E-state index in [2.05, 4.69) is 172 Å². The Hall–Kier alpha value is -7.17. The first-order chi connectivity index (χ1) is 27.5. The monoisotopic (exact) mass is 715 g/mol. The Morgan fingerprint density at radius 2 is 1.00 bits per heavy atom. The molecule has 0 N–H and O–H groups in total. The van der Waals surface area contributed by atoms with E-state index in [-0.39, 0.29) is 5.41 Å². The third kappa shape index (κ3) is 4.38. The van der Waals surface area contributed by atoms with Crippen molar-refractivity contribution in [1.82, 2.24) is 15.0 Å². The second-order valence-electron chi connectivity index (χ2n) is 15.5. The van der Waals surface area contributed by atoms with Crippen LogP contribution in [0.15, 0.2) is 168 Å². The van der Waals surface area contributed by atoms with E-state index in [0.717, 1.165) is 55.0 Å². The Bertz CT molecular complexity index is 3460. The van der Waals surface area contributed by atoms with Crippen LogP contribution in [-0.2, 0) is 5.41 Å². The number of rotatable bonds is 3. The van der Waals surface area contributed by atoms with Gasteiger partial charge in [0.05, 0.1) is 0 Å². The molecule has 0 aliphatic heterocycles. The highest BCUT2D eigenvalue weighted by Gasteiger charge is 2.39. The first-order valence-corrected chi connectivity index (χ1v) is 19.2. The summed E-state index contributed by atoms with van der Waals surface area (Å²) < 4.78 is 6.84. The van der Waals surface area contributed by atoms with Crippen molar-refractivity contribution in [1.29, 1.82) is 0 Å². The quantitative estimate of drug-likeness (QED) is 0.171. The predicted molar refractivity (Wildman–Crippen MR) is 231 cm³/mol. The standard InChI is InChI=1S/C52H33N3O/c1-52(2)43-20-9-7-17-39(43)47-44(52)29-42(46-40-18-8-10-21-45(40)56-48(46)47)51-54-49(53-50(55-51)38-19-11-14-30-12-3-6-16-35(30)38)33-23-22-32-25-26-36-34-15-5-4-13-31(34)24-27-37(36)41(32)28-33/h3-29H,1-2H3. The maximum Gasteiger partial charge on any atom is 0.164 e. The summed E-state index contributed by atoms with van der Waals surface area (Å²) in [6.07, 6.45) is 0. The number of hydrogen-bond acceptors (Lipinski definition) is 4. The van der Waals surface area contributed by atoms with E-state index in [1.54, 1.807) is 0 Å². The fourth-order valence-corrected chi connectivity index (χ4v) is 9.35. The molecule has 12 rings (SSSR count). The molecule has 0 fully saturated rings. The van der Waals surface area contributed by atoms with Crippen molar-refractivity contribution >= 4 is 65.0 Å². The molecule has 9 aromatic carbocycles. The summed E-state index contributed by atoms with van der Waals surface area (Å²) in [6.45, 7) is 4.61. The maximum absolute atomic E-state index is 6.84. The molecule has 0 spiro atoms. The average Bonchev–Trinajstić information content (AvgIpc) is 3.75. The summed E-state index contributed by atoms with van der Waals surface area (Å²) >= 11 is 0. The Kier molecular flexibility index (Phi) is 6.37. The summed E-state index contributed by atoms with van der Waals surface area (Å²) in [5.74, 6) is 1.88. The molecule has 11 aromatic rings. The van der Waals surface area contributed by atoms with Gasteiger partial charge in [0, 0.05) is 38.4 Å². The SMILES string of the molecule is CC1(C)c2ccccc2-c2c1cc(-c1nc(-c3ccc4ccc5c6ccccc6ccc5c4c3)nc(-c3cccc4ccccc34)n1)c1c2oc2ccccc21. The summed E-state index contributed by atoms with van der Waals surface area (Å²) in [5, 5.41) is 11.6. The van der Waals surface area contributed by atoms with E-state index >= 15 is 0 Å². The van der Waals surface area contributed by atoms with E-state index in [9.17, 15) is 0 Å². The molecule has 56 heavy (non-hydrogen) atoms. The molecule has 1 aliphatic carbocycles. The van der Waals surface area contributed by atoms with Gasteiger partial charge in [-0.2, -0.15) is 0 Å². The Morgan fingerprint density at radius 1 is 0.411 bits per heavy atom. The fraction of sp³-hybridized carbons (Fsp3) is 0.0577. The first-order valence-electron chi connectivity index (χ1n) is 19.2. The molecule has 262 valence electrons. The first kappa shape index (κ1) is 31.2. The second-order valence-corrected chi connectivity index (χ2v) is 15.5. The number of fused-ring (bicyclic) bond motifs is 13. The zero-order valence-electron chi connectivity index (χ0n) is 30.8. The highest BCUT2D eigenvalue weighted by molar-refractivity contribution is 6.19. The third-order valence-corrected chi connectivity index (χ3v) is 12.1. The number of para-hydroxylation sites is 1. The summed E-state index contributed by atoms with van der Waals surface area (Å²) in [6, 6.07) is 58.3. The zero-order valence-corrected chi connectivity index (χ0v) is 30.8. The molecule has 0 saturated carbocycles. The predicted octanol–water partition coefficient (Wildman–Crippen LogP) is 13.7. The van der Waals surface area contributed by atoms with Gasteiger partial charge >= 0.3 is 0 Å². The highest BCUT2D eigenvalue weighted by atomic mass is 16.3. The van der Waals surface area contributed by atoms with Crippen LogP contribution in [-0.4, -0.2) is 15.0 Å². The zero-order chi connectivity index (χ0) is 37.1. The van der Waals surface area contributed by atoms with Gasteiger partial charge in [0.1, 0.15) is 11.2 Å². The largest absolute Gasteiger partial charge is 0.455 e. The van der Waals surface area contributed by atoms with Gasteiger partial charge in [0.15, 0.2) is 17.5 Å². The van der Waals surface area contributed by atoms with Crippen molar-refractivity contribution in [3.63, 3.8) is 0 Å². The van der Waals surface area contributed by atoms with Crippen LogP contribution in [0.3, 0.4) is 0 Å². The van der Waals surface area contributed by atoms with Crippen molar-refractivity contribution < 1.29 is 4.42 Å². The van der Waals surface area contributed by atoms with Gasteiger partial charge in [0.2, 0.25) is 0 Å². The lowest BCUT2D eigenvalue weighted by Gasteiger charge is -2.22. The minimum Gasteiger partial charge on any atom is -0.455 e. The molecule has 4 nitrogen and oxygen atoms in total. The number of benzene rings is 9. The van der Waals surface area contributed by atoms with Gasteiger partial charge in [-0.1, -0.05) is 159 Å². The lowest BCUT2D eigenvalue weighted by atomic mass is 9.81. The molecule has 0 bridgehead atoms. The van der Waals surface area contributed by atoms with E-state index < -0.39 is 0 Å². The minimum absolute atomic E-state index is 0.258. The second kappa shape index (κ2) is 11.4. The van der Waals surface area contributed by atoms with Crippen molar-refractivity contribution in [2.75, 3.05) is 0 Å². The molecule has 2 aromatic heterocycles. The fourth-order valence-electron chi connectivity index (χ4n) is 9.35. The van der Waals surface area contributed by atoms with Gasteiger partial charge in [0.25, 0.3) is 0 Å². The molecule has 0 atom stereocenters. The third-order valence-electron chi connectivity index (χ3n) is 12.1. The van der Waals surface area contributed by atoms with Gasteiger partial charge in [-0.05, 0) is 78.0 Å². The van der Waals surface area contributed by atoms with Crippen LogP contribution >= 0.6 is 0 Å². The van der Waals surface area contributed by atoms with E-state index in [1.807, 2.05) is 6.07 Å². The maximum atomic E-state index is 6.84. The van der Waals surface area contributed by atoms with Crippen molar-refractivity contribution in [2.45, 2.75) is 19.3 Å².